The molecule has 2 aromatic carbocycles. The van der Waals surface area contributed by atoms with E-state index in [4.69, 9.17) is 4.74 Å². The van der Waals surface area contributed by atoms with Gasteiger partial charge in [-0.2, -0.15) is 0 Å². The molecule has 2 aromatic heterocycles. The number of methoxy groups -OCH3 is 1. The molecule has 1 aliphatic rings. The highest BCUT2D eigenvalue weighted by Crippen LogP contribution is 2.34. The maximum Gasteiger partial charge on any atom is 0.119 e. The van der Waals surface area contributed by atoms with E-state index in [-0.39, 0.29) is 0 Å². The van der Waals surface area contributed by atoms with Crippen LogP contribution < -0.4 is 4.74 Å². The van der Waals surface area contributed by atoms with Gasteiger partial charge in [0.15, 0.2) is 0 Å². The monoisotopic (exact) mass is 411 g/mol. The lowest BCUT2D eigenvalue weighted by Crippen LogP contribution is -2.33. The van der Waals surface area contributed by atoms with E-state index in [0.717, 1.165) is 29.0 Å². The van der Waals surface area contributed by atoms with Crippen molar-refractivity contribution in [1.29, 1.82) is 0 Å². The van der Waals surface area contributed by atoms with Crippen molar-refractivity contribution in [2.24, 2.45) is 5.92 Å². The molecule has 1 unspecified atom stereocenters. The van der Waals surface area contributed by atoms with Crippen LogP contribution in [0.3, 0.4) is 0 Å². The number of fused-ring (bicyclic) bond motifs is 1. The molecule has 4 heteroatoms. The molecule has 0 saturated carbocycles. The van der Waals surface area contributed by atoms with E-state index in [9.17, 15) is 0 Å². The summed E-state index contributed by atoms with van der Waals surface area (Å²) in [7, 11) is 3.94. The first kappa shape index (κ1) is 19.8. The van der Waals surface area contributed by atoms with E-state index in [2.05, 4.69) is 70.2 Å². The maximum absolute atomic E-state index is 5.40. The first-order chi connectivity index (χ1) is 15.2. The number of hydrogen-bond acceptors (Lipinski definition) is 3. The fraction of sp³-hybridized carbons (Fsp3) is 0.296. The molecule has 0 aliphatic carbocycles. The van der Waals surface area contributed by atoms with Crippen molar-refractivity contribution in [3.63, 3.8) is 0 Å². The third kappa shape index (κ3) is 4.08. The lowest BCUT2D eigenvalue weighted by Gasteiger charge is -2.30. The van der Waals surface area contributed by atoms with Crippen molar-refractivity contribution in [2.75, 3.05) is 27.2 Å². The molecular formula is C27H29N3O. The first-order valence-corrected chi connectivity index (χ1v) is 11.1. The number of pyridine rings is 1. The molecule has 4 nitrogen and oxygen atoms in total. The fourth-order valence-corrected chi connectivity index (χ4v) is 4.88. The third-order valence-electron chi connectivity index (χ3n) is 6.42. The molecule has 158 valence electrons. The third-order valence-corrected chi connectivity index (χ3v) is 6.42. The van der Waals surface area contributed by atoms with Crippen LogP contribution in [0.25, 0.3) is 33.2 Å². The van der Waals surface area contributed by atoms with Gasteiger partial charge in [0.2, 0.25) is 0 Å². The Bertz CT molecular complexity index is 1200. The van der Waals surface area contributed by atoms with E-state index in [1.165, 1.54) is 42.4 Å². The van der Waals surface area contributed by atoms with Gasteiger partial charge in [-0.3, -0.25) is 4.98 Å². The molecule has 1 saturated heterocycles. The number of para-hydroxylation sites is 1. The molecule has 1 atom stereocenters. The molecule has 31 heavy (non-hydrogen) atoms. The topological polar surface area (TPSA) is 30.3 Å². The normalized spacial score (nSPS) is 17.2. The summed E-state index contributed by atoms with van der Waals surface area (Å²) in [6, 6.07) is 19.1. The minimum atomic E-state index is 0.698. The fourth-order valence-electron chi connectivity index (χ4n) is 4.88. The number of piperidine rings is 1. The molecule has 3 heterocycles. The predicted molar refractivity (Wildman–Crippen MR) is 127 cm³/mol. The largest absolute Gasteiger partial charge is 0.497 e. The second-order valence-electron chi connectivity index (χ2n) is 8.68. The maximum atomic E-state index is 5.40. The standard InChI is InChI=1S/C27H29N3O/c1-29-12-6-7-20(17-29)18-30-19-26(25-10-3-4-11-27(25)30)23-13-22(15-28-16-23)21-8-5-9-24(14-21)31-2/h3-5,8-11,13-16,19-20H,6-7,12,17-18H2,1-2H3. The van der Waals surface area contributed by atoms with Gasteiger partial charge in [-0.1, -0.05) is 30.3 Å². The van der Waals surface area contributed by atoms with Crippen LogP contribution in [0, 0.1) is 5.92 Å². The zero-order valence-electron chi connectivity index (χ0n) is 18.3. The molecule has 0 bridgehead atoms. The van der Waals surface area contributed by atoms with E-state index < -0.39 is 0 Å². The van der Waals surface area contributed by atoms with Crippen LogP contribution in [0.15, 0.2) is 73.2 Å². The van der Waals surface area contributed by atoms with Crippen molar-refractivity contribution in [1.82, 2.24) is 14.5 Å². The van der Waals surface area contributed by atoms with E-state index in [1.54, 1.807) is 7.11 Å². The van der Waals surface area contributed by atoms with Gasteiger partial charge in [0.25, 0.3) is 0 Å². The molecule has 1 aliphatic heterocycles. The predicted octanol–water partition coefficient (Wildman–Crippen LogP) is 5.72. The van der Waals surface area contributed by atoms with Crippen molar-refractivity contribution >= 4 is 10.9 Å². The number of rotatable bonds is 5. The van der Waals surface area contributed by atoms with Crippen molar-refractivity contribution in [2.45, 2.75) is 19.4 Å². The molecule has 0 spiro atoms. The molecule has 0 radical (unpaired) electrons. The Labute approximate surface area is 184 Å². The Morgan fingerprint density at radius 2 is 1.87 bits per heavy atom. The van der Waals surface area contributed by atoms with Gasteiger partial charge in [0.05, 0.1) is 7.11 Å². The van der Waals surface area contributed by atoms with Crippen molar-refractivity contribution < 1.29 is 4.74 Å². The van der Waals surface area contributed by atoms with E-state index >= 15 is 0 Å². The van der Waals surface area contributed by atoms with Gasteiger partial charge >= 0.3 is 0 Å². The van der Waals surface area contributed by atoms with E-state index in [0.29, 0.717) is 5.92 Å². The van der Waals surface area contributed by atoms with Crippen LogP contribution >= 0.6 is 0 Å². The smallest absolute Gasteiger partial charge is 0.119 e. The summed E-state index contributed by atoms with van der Waals surface area (Å²) >= 11 is 0. The Morgan fingerprint density at radius 3 is 2.74 bits per heavy atom. The number of likely N-dealkylation sites (tertiary alicyclic amines) is 1. The minimum Gasteiger partial charge on any atom is -0.497 e. The quantitative estimate of drug-likeness (QED) is 0.421. The van der Waals surface area contributed by atoms with Crippen LogP contribution in [0.4, 0.5) is 0 Å². The van der Waals surface area contributed by atoms with Gasteiger partial charge < -0.3 is 14.2 Å². The summed E-state index contributed by atoms with van der Waals surface area (Å²) in [6.07, 6.45) is 8.82. The number of benzene rings is 2. The summed E-state index contributed by atoms with van der Waals surface area (Å²) in [6.45, 7) is 3.46. The van der Waals surface area contributed by atoms with Gasteiger partial charge in [0.1, 0.15) is 5.75 Å². The van der Waals surface area contributed by atoms with Crippen LogP contribution in [0.2, 0.25) is 0 Å². The van der Waals surface area contributed by atoms with E-state index in [1.807, 2.05) is 24.5 Å². The summed E-state index contributed by atoms with van der Waals surface area (Å²) in [5, 5.41) is 1.29. The highest BCUT2D eigenvalue weighted by molar-refractivity contribution is 5.96. The second-order valence-corrected chi connectivity index (χ2v) is 8.68. The minimum absolute atomic E-state index is 0.698. The molecule has 0 amide bonds. The van der Waals surface area contributed by atoms with Crippen LogP contribution in [0.5, 0.6) is 5.75 Å². The Hall–Kier alpha value is -3.11. The lowest BCUT2D eigenvalue weighted by molar-refractivity contribution is 0.196. The molecule has 4 aromatic rings. The molecule has 1 fully saturated rings. The first-order valence-electron chi connectivity index (χ1n) is 11.1. The van der Waals surface area contributed by atoms with Gasteiger partial charge in [-0.15, -0.1) is 0 Å². The van der Waals surface area contributed by atoms with Gasteiger partial charge in [-0.25, -0.2) is 0 Å². The van der Waals surface area contributed by atoms with Gasteiger partial charge in [0, 0.05) is 59.3 Å². The molecular weight excluding hydrogens is 382 g/mol. The second kappa shape index (κ2) is 8.56. The summed E-state index contributed by atoms with van der Waals surface area (Å²) in [4.78, 5) is 7.04. The van der Waals surface area contributed by atoms with Crippen LogP contribution in [-0.4, -0.2) is 41.7 Å². The Morgan fingerprint density at radius 1 is 1.00 bits per heavy atom. The number of hydrogen-bond donors (Lipinski definition) is 0. The average Bonchev–Trinajstić information content (AvgIpc) is 3.18. The number of aromatic nitrogens is 2. The zero-order valence-corrected chi connectivity index (χ0v) is 18.3. The van der Waals surface area contributed by atoms with Crippen molar-refractivity contribution in [3.05, 3.63) is 73.2 Å². The number of nitrogens with zero attached hydrogens (tertiary/aromatic N) is 3. The average molecular weight is 412 g/mol. The van der Waals surface area contributed by atoms with Crippen LogP contribution in [-0.2, 0) is 6.54 Å². The molecule has 5 rings (SSSR count). The summed E-state index contributed by atoms with van der Waals surface area (Å²) < 4.78 is 7.86. The van der Waals surface area contributed by atoms with Crippen molar-refractivity contribution in [3.8, 4) is 28.0 Å². The Kier molecular flexibility index (Phi) is 5.47. The Balaban J connectivity index is 1.53. The highest BCUT2D eigenvalue weighted by atomic mass is 16.5. The molecule has 0 N–H and O–H groups in total. The zero-order chi connectivity index (χ0) is 21.2. The summed E-state index contributed by atoms with van der Waals surface area (Å²) in [5.74, 6) is 1.56. The summed E-state index contributed by atoms with van der Waals surface area (Å²) in [5.41, 5.74) is 5.91. The number of ether oxygens (including phenoxy) is 1. The SMILES string of the molecule is COc1cccc(-c2cncc(-c3cn(CC4CCCN(C)C4)c4ccccc34)c2)c1. The highest BCUT2D eigenvalue weighted by Gasteiger charge is 2.19. The lowest BCUT2D eigenvalue weighted by atomic mass is 9.98. The van der Waals surface area contributed by atoms with Gasteiger partial charge in [-0.05, 0) is 62.2 Å². The van der Waals surface area contributed by atoms with Crippen LogP contribution in [0.1, 0.15) is 12.8 Å².